The van der Waals surface area contributed by atoms with Gasteiger partial charge in [0.25, 0.3) is 0 Å². The number of hydrogen-bond acceptors (Lipinski definition) is 4. The van der Waals surface area contributed by atoms with Gasteiger partial charge in [0.15, 0.2) is 0 Å². The number of imidazole rings is 1. The summed E-state index contributed by atoms with van der Waals surface area (Å²) in [6, 6.07) is 1.96. The highest BCUT2D eigenvalue weighted by Crippen LogP contribution is 2.17. The first-order chi connectivity index (χ1) is 8.20. The zero-order valence-electron chi connectivity index (χ0n) is 10.4. The second-order valence-electron chi connectivity index (χ2n) is 3.98. The topological polar surface area (TPSA) is 55.6 Å². The molecule has 0 fully saturated rings. The van der Waals surface area contributed by atoms with E-state index in [-0.39, 0.29) is 6.04 Å². The highest BCUT2D eigenvalue weighted by molar-refractivity contribution is 5.19. The monoisotopic (exact) mass is 231 g/mol. The number of nitrogens with zero attached hydrogens (tertiary/aromatic N) is 4. The van der Waals surface area contributed by atoms with E-state index < -0.39 is 0 Å². The van der Waals surface area contributed by atoms with Crippen LogP contribution in [0.2, 0.25) is 0 Å². The summed E-state index contributed by atoms with van der Waals surface area (Å²) in [5, 5.41) is 3.39. The Kier molecular flexibility index (Phi) is 3.49. The van der Waals surface area contributed by atoms with Crippen molar-refractivity contribution >= 4 is 0 Å². The summed E-state index contributed by atoms with van der Waals surface area (Å²) < 4.78 is 1.94. The van der Waals surface area contributed by atoms with E-state index in [0.717, 1.165) is 23.8 Å². The Balaban J connectivity index is 2.35. The van der Waals surface area contributed by atoms with Crippen molar-refractivity contribution in [3.05, 3.63) is 42.0 Å². The predicted molar refractivity (Wildman–Crippen MR) is 65.5 cm³/mol. The highest BCUT2D eigenvalue weighted by Gasteiger charge is 2.16. The third-order valence-corrected chi connectivity index (χ3v) is 2.52. The number of aromatic nitrogens is 4. The molecule has 0 saturated carbocycles. The van der Waals surface area contributed by atoms with Crippen molar-refractivity contribution in [3.63, 3.8) is 0 Å². The van der Waals surface area contributed by atoms with Crippen molar-refractivity contribution in [1.82, 2.24) is 24.8 Å². The van der Waals surface area contributed by atoms with E-state index in [4.69, 9.17) is 0 Å². The molecule has 0 radical (unpaired) electrons. The summed E-state index contributed by atoms with van der Waals surface area (Å²) >= 11 is 0. The van der Waals surface area contributed by atoms with Gasteiger partial charge in [-0.1, -0.05) is 6.92 Å². The highest BCUT2D eigenvalue weighted by atomic mass is 15.1. The molecule has 0 bridgehead atoms. The average Bonchev–Trinajstić information content (AvgIpc) is 2.72. The van der Waals surface area contributed by atoms with Crippen molar-refractivity contribution in [1.29, 1.82) is 0 Å². The maximum absolute atomic E-state index is 4.45. The summed E-state index contributed by atoms with van der Waals surface area (Å²) in [7, 11) is 1.96. The molecule has 2 rings (SSSR count). The quantitative estimate of drug-likeness (QED) is 0.859. The van der Waals surface area contributed by atoms with Crippen LogP contribution in [0.3, 0.4) is 0 Å². The Morgan fingerprint density at radius 2 is 2.18 bits per heavy atom. The van der Waals surface area contributed by atoms with E-state index in [1.54, 1.807) is 12.5 Å². The molecule has 0 aliphatic heterocycles. The van der Waals surface area contributed by atoms with E-state index >= 15 is 0 Å². The lowest BCUT2D eigenvalue weighted by molar-refractivity contribution is 0.599. The molecule has 2 aromatic rings. The molecule has 0 aliphatic carbocycles. The maximum atomic E-state index is 4.45. The zero-order chi connectivity index (χ0) is 12.3. The van der Waals surface area contributed by atoms with Crippen LogP contribution in [0.4, 0.5) is 0 Å². The minimum atomic E-state index is 0.0305. The molecule has 1 atom stereocenters. The maximum Gasteiger partial charge on any atom is 0.125 e. The molecule has 1 N–H and O–H groups in total. The Morgan fingerprint density at radius 1 is 1.35 bits per heavy atom. The molecular formula is C12H17N5. The summed E-state index contributed by atoms with van der Waals surface area (Å²) in [5.41, 5.74) is 1.94. The van der Waals surface area contributed by atoms with Crippen molar-refractivity contribution in [3.8, 4) is 0 Å². The summed E-state index contributed by atoms with van der Waals surface area (Å²) in [6.45, 7) is 4.83. The normalized spacial score (nSPS) is 12.6. The lowest BCUT2D eigenvalue weighted by Crippen LogP contribution is -2.23. The number of rotatable bonds is 4. The van der Waals surface area contributed by atoms with Gasteiger partial charge in [-0.3, -0.25) is 0 Å². The molecule has 0 aliphatic rings. The molecule has 17 heavy (non-hydrogen) atoms. The molecule has 2 aromatic heterocycles. The van der Waals surface area contributed by atoms with Gasteiger partial charge in [-0.25, -0.2) is 15.0 Å². The van der Waals surface area contributed by atoms with Gasteiger partial charge in [0.2, 0.25) is 0 Å². The molecule has 0 spiro atoms. The Bertz CT molecular complexity index is 491. The minimum Gasteiger partial charge on any atom is -0.340 e. The van der Waals surface area contributed by atoms with Crippen molar-refractivity contribution in [2.24, 2.45) is 7.05 Å². The fraction of sp³-hybridized carbons (Fsp3) is 0.417. The second-order valence-corrected chi connectivity index (χ2v) is 3.98. The molecule has 1 unspecified atom stereocenters. The number of hydrogen-bond donors (Lipinski definition) is 1. The third kappa shape index (κ3) is 2.68. The van der Waals surface area contributed by atoms with E-state index in [2.05, 4.69) is 27.2 Å². The SMILES string of the molecule is CCNC(c1cn(C)cn1)c1ccnc(C)n1. The fourth-order valence-electron chi connectivity index (χ4n) is 1.78. The van der Waals surface area contributed by atoms with Gasteiger partial charge >= 0.3 is 0 Å². The second kappa shape index (κ2) is 5.05. The van der Waals surface area contributed by atoms with E-state index in [9.17, 15) is 0 Å². The lowest BCUT2D eigenvalue weighted by atomic mass is 10.1. The number of nitrogens with one attached hydrogen (secondary N) is 1. The van der Waals surface area contributed by atoms with E-state index in [1.165, 1.54) is 0 Å². The molecule has 0 amide bonds. The van der Waals surface area contributed by atoms with Crippen LogP contribution in [-0.4, -0.2) is 26.1 Å². The van der Waals surface area contributed by atoms with Crippen LogP contribution in [0.5, 0.6) is 0 Å². The zero-order valence-corrected chi connectivity index (χ0v) is 10.4. The lowest BCUT2D eigenvalue weighted by Gasteiger charge is -2.15. The first kappa shape index (κ1) is 11.7. The molecule has 5 nitrogen and oxygen atoms in total. The summed E-state index contributed by atoms with van der Waals surface area (Å²) in [4.78, 5) is 13.0. The van der Waals surface area contributed by atoms with Gasteiger partial charge < -0.3 is 9.88 Å². The van der Waals surface area contributed by atoms with Gasteiger partial charge in [-0.15, -0.1) is 0 Å². The Labute approximate surface area is 101 Å². The Hall–Kier alpha value is -1.75. The third-order valence-electron chi connectivity index (χ3n) is 2.52. The van der Waals surface area contributed by atoms with E-state index in [0.29, 0.717) is 0 Å². The standard InChI is InChI=1S/C12H17N5/c1-4-13-12(11-7-17(3)8-15-11)10-5-6-14-9(2)16-10/h5-8,12-13H,4H2,1-3H3. The fourth-order valence-corrected chi connectivity index (χ4v) is 1.78. The van der Waals surface area contributed by atoms with Gasteiger partial charge in [0.05, 0.1) is 23.8 Å². The van der Waals surface area contributed by atoms with Gasteiger partial charge in [-0.2, -0.15) is 0 Å². The molecule has 2 heterocycles. The van der Waals surface area contributed by atoms with Crippen LogP contribution >= 0.6 is 0 Å². The molecule has 90 valence electrons. The first-order valence-corrected chi connectivity index (χ1v) is 5.71. The Morgan fingerprint density at radius 3 is 2.76 bits per heavy atom. The minimum absolute atomic E-state index is 0.0305. The van der Waals surface area contributed by atoms with Crippen LogP contribution in [0.25, 0.3) is 0 Å². The van der Waals surface area contributed by atoms with Crippen molar-refractivity contribution < 1.29 is 0 Å². The summed E-state index contributed by atoms with van der Waals surface area (Å²) in [5.74, 6) is 0.779. The van der Waals surface area contributed by atoms with Crippen molar-refractivity contribution in [2.45, 2.75) is 19.9 Å². The van der Waals surface area contributed by atoms with Gasteiger partial charge in [-0.05, 0) is 19.5 Å². The van der Waals surface area contributed by atoms with Gasteiger partial charge in [0.1, 0.15) is 5.82 Å². The molecule has 5 heteroatoms. The van der Waals surface area contributed by atoms with Crippen LogP contribution in [0, 0.1) is 6.92 Å². The van der Waals surface area contributed by atoms with Crippen LogP contribution in [0.15, 0.2) is 24.8 Å². The summed E-state index contributed by atoms with van der Waals surface area (Å²) in [6.07, 6.45) is 5.59. The first-order valence-electron chi connectivity index (χ1n) is 5.71. The van der Waals surface area contributed by atoms with Crippen LogP contribution in [0.1, 0.15) is 30.2 Å². The largest absolute Gasteiger partial charge is 0.340 e. The molecular weight excluding hydrogens is 214 g/mol. The smallest absolute Gasteiger partial charge is 0.125 e. The molecule has 0 aromatic carbocycles. The van der Waals surface area contributed by atoms with Crippen molar-refractivity contribution in [2.75, 3.05) is 6.54 Å². The average molecular weight is 231 g/mol. The van der Waals surface area contributed by atoms with E-state index in [1.807, 2.05) is 30.8 Å². The van der Waals surface area contributed by atoms with Crippen LogP contribution in [-0.2, 0) is 7.05 Å². The predicted octanol–water partition coefficient (Wildman–Crippen LogP) is 1.22. The van der Waals surface area contributed by atoms with Gasteiger partial charge in [0, 0.05) is 19.4 Å². The number of aryl methyl sites for hydroxylation is 2. The van der Waals surface area contributed by atoms with Crippen LogP contribution < -0.4 is 5.32 Å². The molecule has 0 saturated heterocycles.